The second kappa shape index (κ2) is 8.90. The van der Waals surface area contributed by atoms with Crippen molar-refractivity contribution in [2.45, 2.75) is 13.5 Å². The summed E-state index contributed by atoms with van der Waals surface area (Å²) in [5.74, 6) is 1.51. The van der Waals surface area contributed by atoms with Crippen LogP contribution in [0.4, 0.5) is 0 Å². The molecule has 4 aromatic rings. The summed E-state index contributed by atoms with van der Waals surface area (Å²) in [5, 5.41) is 22.8. The molecular weight excluding hydrogens is 380 g/mol. The highest BCUT2D eigenvalue weighted by Gasteiger charge is 2.14. The highest BCUT2D eigenvalue weighted by molar-refractivity contribution is 5.74. The Kier molecular flexibility index (Phi) is 5.88. The molecule has 0 spiro atoms. The third-order valence-corrected chi connectivity index (χ3v) is 4.86. The second-order valence-electron chi connectivity index (χ2n) is 6.86. The molecule has 4 rings (SSSR count). The average Bonchev–Trinajstić information content (AvgIpc) is 3.28. The van der Waals surface area contributed by atoms with Gasteiger partial charge in [-0.1, -0.05) is 35.5 Å². The highest BCUT2D eigenvalue weighted by Crippen LogP contribution is 2.31. The lowest BCUT2D eigenvalue weighted by Crippen LogP contribution is -2.01. The number of ether oxygens (including phenoxy) is 1. The normalized spacial score (nSPS) is 10.9. The number of hydrogen-bond acceptors (Lipinski definition) is 6. The molecule has 0 fully saturated rings. The molecule has 1 aromatic heterocycles. The summed E-state index contributed by atoms with van der Waals surface area (Å²) in [6.45, 7) is 2.18. The van der Waals surface area contributed by atoms with Gasteiger partial charge in [-0.3, -0.25) is 0 Å². The molecule has 0 amide bonds. The van der Waals surface area contributed by atoms with E-state index in [0.29, 0.717) is 17.5 Å². The van der Waals surface area contributed by atoms with E-state index in [1.54, 1.807) is 12.1 Å². The molecule has 6 heteroatoms. The molecule has 0 saturated carbocycles. The summed E-state index contributed by atoms with van der Waals surface area (Å²) in [5.41, 5.74) is 5.55. The molecule has 30 heavy (non-hydrogen) atoms. The lowest BCUT2D eigenvalue weighted by Gasteiger charge is -2.11. The third-order valence-electron chi connectivity index (χ3n) is 4.86. The topological polar surface area (TPSA) is 88.6 Å². The molecule has 0 bridgehead atoms. The number of aliphatic hydroxyl groups is 2. The van der Waals surface area contributed by atoms with Crippen LogP contribution in [0.2, 0.25) is 0 Å². The fourth-order valence-electron chi connectivity index (χ4n) is 3.32. The van der Waals surface area contributed by atoms with Crippen molar-refractivity contribution in [3.05, 3.63) is 77.9 Å². The number of nitrogens with zero attached hydrogens (tertiary/aromatic N) is 2. The summed E-state index contributed by atoms with van der Waals surface area (Å²) >= 11 is 0. The van der Waals surface area contributed by atoms with Crippen LogP contribution < -0.4 is 4.74 Å². The first-order chi connectivity index (χ1) is 14.7. The van der Waals surface area contributed by atoms with Crippen LogP contribution in [0.15, 0.2) is 71.3 Å². The molecule has 0 aliphatic carbocycles. The first-order valence-electron chi connectivity index (χ1n) is 9.67. The van der Waals surface area contributed by atoms with Gasteiger partial charge < -0.3 is 19.5 Å². The van der Waals surface area contributed by atoms with Crippen LogP contribution in [-0.4, -0.2) is 33.6 Å². The first kappa shape index (κ1) is 19.8. The largest absolute Gasteiger partial charge is 0.491 e. The van der Waals surface area contributed by atoms with Crippen molar-refractivity contribution in [2.75, 3.05) is 13.2 Å². The Balaban J connectivity index is 1.61. The Morgan fingerprint density at radius 3 is 2.40 bits per heavy atom. The molecule has 0 atom stereocenters. The van der Waals surface area contributed by atoms with Gasteiger partial charge in [-0.25, -0.2) is 0 Å². The molecule has 0 saturated heterocycles. The van der Waals surface area contributed by atoms with Crippen molar-refractivity contribution in [1.82, 2.24) is 10.1 Å². The van der Waals surface area contributed by atoms with E-state index in [1.165, 1.54) is 0 Å². The van der Waals surface area contributed by atoms with E-state index in [-0.39, 0.29) is 19.8 Å². The predicted molar refractivity (Wildman–Crippen MR) is 114 cm³/mol. The van der Waals surface area contributed by atoms with Crippen LogP contribution in [0.25, 0.3) is 34.0 Å². The third kappa shape index (κ3) is 4.10. The number of benzene rings is 3. The minimum absolute atomic E-state index is 0.0333. The van der Waals surface area contributed by atoms with Crippen molar-refractivity contribution in [1.29, 1.82) is 0 Å². The molecule has 6 nitrogen and oxygen atoms in total. The van der Waals surface area contributed by atoms with Gasteiger partial charge in [0.05, 0.1) is 13.2 Å². The lowest BCUT2D eigenvalue weighted by molar-refractivity contribution is 0.201. The molecular formula is C24H22N2O4. The maximum absolute atomic E-state index is 9.92. The summed E-state index contributed by atoms with van der Waals surface area (Å²) in [7, 11) is 0. The number of hydrogen-bond donors (Lipinski definition) is 2. The standard InChI is InChI=1S/C24H22N2O4/c1-16-4-2-3-5-21(16)22-11-8-18(14-19(22)15-28)24-25-23(26-30-24)17-6-9-20(10-7-17)29-13-12-27/h2-11,14,27-28H,12-13,15H2,1H3. The van der Waals surface area contributed by atoms with Crippen molar-refractivity contribution in [3.63, 3.8) is 0 Å². The van der Waals surface area contributed by atoms with Gasteiger partial charge in [-0.15, -0.1) is 0 Å². The van der Waals surface area contributed by atoms with E-state index in [9.17, 15) is 5.11 Å². The zero-order valence-corrected chi connectivity index (χ0v) is 16.6. The van der Waals surface area contributed by atoms with Gasteiger partial charge >= 0.3 is 0 Å². The number of aliphatic hydroxyl groups excluding tert-OH is 2. The van der Waals surface area contributed by atoms with Gasteiger partial charge in [0.2, 0.25) is 5.82 Å². The summed E-state index contributed by atoms with van der Waals surface area (Å²) in [6, 6.07) is 21.1. The Hall–Kier alpha value is -3.48. The summed E-state index contributed by atoms with van der Waals surface area (Å²) < 4.78 is 10.8. The van der Waals surface area contributed by atoms with Crippen LogP contribution in [-0.2, 0) is 6.61 Å². The zero-order chi connectivity index (χ0) is 20.9. The maximum Gasteiger partial charge on any atom is 0.258 e. The van der Waals surface area contributed by atoms with E-state index in [1.807, 2.05) is 48.5 Å². The van der Waals surface area contributed by atoms with E-state index >= 15 is 0 Å². The van der Waals surface area contributed by atoms with Crippen molar-refractivity contribution in [2.24, 2.45) is 0 Å². The van der Waals surface area contributed by atoms with Gasteiger partial charge in [0, 0.05) is 11.1 Å². The van der Waals surface area contributed by atoms with Gasteiger partial charge in [-0.2, -0.15) is 4.98 Å². The zero-order valence-electron chi connectivity index (χ0n) is 16.6. The molecule has 0 aliphatic rings. The van der Waals surface area contributed by atoms with Gasteiger partial charge in [0.1, 0.15) is 12.4 Å². The smallest absolute Gasteiger partial charge is 0.258 e. The van der Waals surface area contributed by atoms with Gasteiger partial charge in [0.15, 0.2) is 0 Å². The Morgan fingerprint density at radius 2 is 1.67 bits per heavy atom. The van der Waals surface area contributed by atoms with Crippen molar-refractivity contribution < 1.29 is 19.5 Å². The molecule has 3 aromatic carbocycles. The minimum Gasteiger partial charge on any atom is -0.491 e. The fraction of sp³-hybridized carbons (Fsp3) is 0.167. The monoisotopic (exact) mass is 402 g/mol. The minimum atomic E-state index is -0.0895. The van der Waals surface area contributed by atoms with E-state index in [2.05, 4.69) is 23.1 Å². The van der Waals surface area contributed by atoms with Crippen LogP contribution in [0.1, 0.15) is 11.1 Å². The molecule has 152 valence electrons. The van der Waals surface area contributed by atoms with Gasteiger partial charge in [-0.05, 0) is 65.6 Å². The lowest BCUT2D eigenvalue weighted by atomic mass is 9.95. The Labute approximate surface area is 174 Å². The molecule has 0 unspecified atom stereocenters. The van der Waals surface area contributed by atoms with E-state index in [0.717, 1.165) is 33.4 Å². The van der Waals surface area contributed by atoms with E-state index in [4.69, 9.17) is 14.4 Å². The van der Waals surface area contributed by atoms with Gasteiger partial charge in [0.25, 0.3) is 5.89 Å². The quantitative estimate of drug-likeness (QED) is 0.481. The first-order valence-corrected chi connectivity index (χ1v) is 9.67. The van der Waals surface area contributed by atoms with Crippen molar-refractivity contribution in [3.8, 4) is 39.7 Å². The van der Waals surface area contributed by atoms with Crippen LogP contribution >= 0.6 is 0 Å². The summed E-state index contributed by atoms with van der Waals surface area (Å²) in [6.07, 6.45) is 0. The second-order valence-corrected chi connectivity index (χ2v) is 6.86. The Morgan fingerprint density at radius 1 is 0.900 bits per heavy atom. The molecule has 0 radical (unpaired) electrons. The van der Waals surface area contributed by atoms with Crippen molar-refractivity contribution >= 4 is 0 Å². The predicted octanol–water partition coefficient (Wildman–Crippen LogP) is 4.24. The molecule has 2 N–H and O–H groups in total. The van der Waals surface area contributed by atoms with Crippen LogP contribution in [0.5, 0.6) is 5.75 Å². The summed E-state index contributed by atoms with van der Waals surface area (Å²) in [4.78, 5) is 4.50. The fourth-order valence-corrected chi connectivity index (χ4v) is 3.32. The average molecular weight is 402 g/mol. The molecule has 0 aliphatic heterocycles. The highest BCUT2D eigenvalue weighted by atomic mass is 16.5. The molecule has 1 heterocycles. The maximum atomic E-state index is 9.92. The van der Waals surface area contributed by atoms with Crippen LogP contribution in [0, 0.1) is 6.92 Å². The van der Waals surface area contributed by atoms with E-state index < -0.39 is 0 Å². The van der Waals surface area contributed by atoms with Crippen LogP contribution in [0.3, 0.4) is 0 Å². The SMILES string of the molecule is Cc1ccccc1-c1ccc(-c2nc(-c3ccc(OCCO)cc3)no2)cc1CO. The number of rotatable bonds is 7. The number of aryl methyl sites for hydroxylation is 1. The Bertz CT molecular complexity index is 1140. The number of aromatic nitrogens is 2.